The molecule has 1 heterocycles. The molecule has 1 amide bonds. The molecule has 2 aromatic carbocycles. The third-order valence-electron chi connectivity index (χ3n) is 3.81. The van der Waals surface area contributed by atoms with Crippen LogP contribution in [-0.4, -0.2) is 25.3 Å². The number of nitrogens with zero attached hydrogens (tertiary/aromatic N) is 1. The van der Waals surface area contributed by atoms with Crippen molar-refractivity contribution in [3.05, 3.63) is 59.8 Å². The maximum Gasteiger partial charge on any atom is 0.258 e. The van der Waals surface area contributed by atoms with Crippen molar-refractivity contribution in [3.63, 3.8) is 0 Å². The molecule has 128 valence electrons. The lowest BCUT2D eigenvalue weighted by Crippen LogP contribution is -2.11. The number of amides is 1. The fourth-order valence-electron chi connectivity index (χ4n) is 2.42. The molecule has 1 N–H and O–H groups in total. The van der Waals surface area contributed by atoms with Gasteiger partial charge in [-0.3, -0.25) is 10.1 Å². The molecule has 6 heteroatoms. The Morgan fingerprint density at radius 3 is 2.44 bits per heavy atom. The first-order valence-electron chi connectivity index (χ1n) is 7.67. The van der Waals surface area contributed by atoms with Crippen molar-refractivity contribution in [2.75, 3.05) is 19.5 Å². The Morgan fingerprint density at radius 1 is 1.04 bits per heavy atom. The molecule has 6 nitrogen and oxygen atoms in total. The van der Waals surface area contributed by atoms with E-state index in [0.717, 1.165) is 11.1 Å². The molecule has 0 atom stereocenters. The van der Waals surface area contributed by atoms with Crippen molar-refractivity contribution < 1.29 is 18.8 Å². The fraction of sp³-hybridized carbons (Fsp3) is 0.158. The molecule has 3 rings (SSSR count). The third kappa shape index (κ3) is 3.47. The molecule has 3 aromatic rings. The van der Waals surface area contributed by atoms with Gasteiger partial charge in [-0.05, 0) is 36.8 Å². The molecule has 0 aliphatic rings. The van der Waals surface area contributed by atoms with Gasteiger partial charge in [0.25, 0.3) is 5.91 Å². The minimum atomic E-state index is -0.265. The van der Waals surface area contributed by atoms with E-state index in [1.165, 1.54) is 0 Å². The van der Waals surface area contributed by atoms with Gasteiger partial charge in [0, 0.05) is 5.56 Å². The molecule has 0 saturated heterocycles. The van der Waals surface area contributed by atoms with Gasteiger partial charge in [-0.15, -0.1) is 0 Å². The van der Waals surface area contributed by atoms with Gasteiger partial charge in [0.2, 0.25) is 5.88 Å². The van der Waals surface area contributed by atoms with Gasteiger partial charge in [-0.1, -0.05) is 28.9 Å². The van der Waals surface area contributed by atoms with Crippen LogP contribution in [0, 0.1) is 6.92 Å². The average molecular weight is 338 g/mol. The Hall–Kier alpha value is -3.28. The number of carbonyl (C=O) groups excluding carboxylic acids is 1. The van der Waals surface area contributed by atoms with E-state index in [1.807, 2.05) is 25.1 Å². The Kier molecular flexibility index (Phi) is 4.70. The Labute approximate surface area is 145 Å². The predicted octanol–water partition coefficient (Wildman–Crippen LogP) is 3.92. The van der Waals surface area contributed by atoms with Gasteiger partial charge in [-0.2, -0.15) is 0 Å². The summed E-state index contributed by atoms with van der Waals surface area (Å²) in [5.41, 5.74) is 3.07. The summed E-state index contributed by atoms with van der Waals surface area (Å²) in [7, 11) is 3.14. The molecule has 0 spiro atoms. The number of ether oxygens (including phenoxy) is 2. The molecular weight excluding hydrogens is 320 g/mol. The van der Waals surface area contributed by atoms with Crippen LogP contribution in [0.2, 0.25) is 0 Å². The highest BCUT2D eigenvalue weighted by Gasteiger charge is 2.16. The van der Waals surface area contributed by atoms with Crippen molar-refractivity contribution in [2.24, 2.45) is 0 Å². The summed E-state index contributed by atoms with van der Waals surface area (Å²) < 4.78 is 15.8. The van der Waals surface area contributed by atoms with Crippen molar-refractivity contribution in [1.29, 1.82) is 0 Å². The van der Waals surface area contributed by atoms with Crippen LogP contribution in [0.25, 0.3) is 11.1 Å². The van der Waals surface area contributed by atoms with Crippen LogP contribution in [0.1, 0.15) is 15.9 Å². The third-order valence-corrected chi connectivity index (χ3v) is 3.81. The lowest BCUT2D eigenvalue weighted by molar-refractivity contribution is 0.102. The molecular formula is C19H18N2O4. The first-order valence-corrected chi connectivity index (χ1v) is 7.67. The SMILES string of the molecule is COc1ccc(-c2cnoc2NC(=O)c2ccc(C)cc2)cc1OC. The molecule has 0 unspecified atom stereocenters. The summed E-state index contributed by atoms with van der Waals surface area (Å²) in [5.74, 6) is 1.21. The van der Waals surface area contributed by atoms with E-state index in [0.29, 0.717) is 22.6 Å². The van der Waals surface area contributed by atoms with E-state index in [9.17, 15) is 4.79 Å². The summed E-state index contributed by atoms with van der Waals surface area (Å²) in [6, 6.07) is 12.7. The van der Waals surface area contributed by atoms with Gasteiger partial charge < -0.3 is 14.0 Å². The van der Waals surface area contributed by atoms with E-state index >= 15 is 0 Å². The van der Waals surface area contributed by atoms with Crippen LogP contribution in [-0.2, 0) is 0 Å². The van der Waals surface area contributed by atoms with Gasteiger partial charge in [0.15, 0.2) is 11.5 Å². The van der Waals surface area contributed by atoms with Gasteiger partial charge in [0.1, 0.15) is 0 Å². The number of methoxy groups -OCH3 is 2. The fourth-order valence-corrected chi connectivity index (χ4v) is 2.42. The number of benzene rings is 2. The Balaban J connectivity index is 1.88. The molecule has 0 saturated carbocycles. The van der Waals surface area contributed by atoms with Crippen molar-refractivity contribution in [2.45, 2.75) is 6.92 Å². The standard InChI is InChI=1S/C19H18N2O4/c1-12-4-6-13(7-5-12)18(22)21-19-15(11-20-25-19)14-8-9-16(23-2)17(10-14)24-3/h4-11H,1-3H3,(H,21,22). The van der Waals surface area contributed by atoms with Gasteiger partial charge >= 0.3 is 0 Å². The van der Waals surface area contributed by atoms with Crippen molar-refractivity contribution in [3.8, 4) is 22.6 Å². The predicted molar refractivity (Wildman–Crippen MR) is 94.2 cm³/mol. The summed E-state index contributed by atoms with van der Waals surface area (Å²) in [5, 5.41) is 6.55. The second kappa shape index (κ2) is 7.09. The van der Waals surface area contributed by atoms with E-state index in [1.54, 1.807) is 44.7 Å². The summed E-state index contributed by atoms with van der Waals surface area (Å²) in [6.45, 7) is 1.97. The normalized spacial score (nSPS) is 10.4. The zero-order chi connectivity index (χ0) is 17.8. The zero-order valence-corrected chi connectivity index (χ0v) is 14.2. The smallest absolute Gasteiger partial charge is 0.258 e. The highest BCUT2D eigenvalue weighted by molar-refractivity contribution is 6.05. The van der Waals surface area contributed by atoms with Crippen molar-refractivity contribution >= 4 is 11.8 Å². The molecule has 0 aliphatic carbocycles. The Morgan fingerprint density at radius 2 is 1.76 bits per heavy atom. The van der Waals surface area contributed by atoms with E-state index in [2.05, 4.69) is 10.5 Å². The minimum absolute atomic E-state index is 0.265. The lowest BCUT2D eigenvalue weighted by atomic mass is 10.1. The zero-order valence-electron chi connectivity index (χ0n) is 14.2. The van der Waals surface area contributed by atoms with Crippen molar-refractivity contribution in [1.82, 2.24) is 5.16 Å². The number of carbonyl (C=O) groups is 1. The number of nitrogens with one attached hydrogen (secondary N) is 1. The van der Waals surface area contributed by atoms with Crippen LogP contribution in [0.3, 0.4) is 0 Å². The average Bonchev–Trinajstić information content (AvgIpc) is 3.09. The van der Waals surface area contributed by atoms with Crippen LogP contribution < -0.4 is 14.8 Å². The second-order valence-corrected chi connectivity index (χ2v) is 5.46. The molecule has 1 aromatic heterocycles. The number of hydrogen-bond donors (Lipinski definition) is 1. The molecule has 0 bridgehead atoms. The van der Waals surface area contributed by atoms with Crippen LogP contribution >= 0.6 is 0 Å². The van der Waals surface area contributed by atoms with Gasteiger partial charge in [0.05, 0.1) is 26.0 Å². The summed E-state index contributed by atoms with van der Waals surface area (Å²) in [6.07, 6.45) is 1.55. The van der Waals surface area contributed by atoms with Gasteiger partial charge in [-0.25, -0.2) is 0 Å². The number of hydrogen-bond acceptors (Lipinski definition) is 5. The molecule has 0 fully saturated rings. The molecule has 0 aliphatic heterocycles. The minimum Gasteiger partial charge on any atom is -0.493 e. The first-order chi connectivity index (χ1) is 12.1. The number of rotatable bonds is 5. The van der Waals surface area contributed by atoms with E-state index in [-0.39, 0.29) is 11.8 Å². The van der Waals surface area contributed by atoms with Crippen LogP contribution in [0.5, 0.6) is 11.5 Å². The topological polar surface area (TPSA) is 73.6 Å². The monoisotopic (exact) mass is 338 g/mol. The van der Waals surface area contributed by atoms with Crippen LogP contribution in [0.15, 0.2) is 53.2 Å². The summed E-state index contributed by atoms with van der Waals surface area (Å²) in [4.78, 5) is 12.4. The molecule has 0 radical (unpaired) electrons. The highest BCUT2D eigenvalue weighted by atomic mass is 16.5. The quantitative estimate of drug-likeness (QED) is 0.763. The Bertz CT molecular complexity index is 885. The first kappa shape index (κ1) is 16.6. The van der Waals surface area contributed by atoms with E-state index in [4.69, 9.17) is 14.0 Å². The number of aryl methyl sites for hydroxylation is 1. The largest absolute Gasteiger partial charge is 0.493 e. The van der Waals surface area contributed by atoms with Crippen LogP contribution in [0.4, 0.5) is 5.88 Å². The lowest BCUT2D eigenvalue weighted by Gasteiger charge is -2.09. The maximum atomic E-state index is 12.4. The highest BCUT2D eigenvalue weighted by Crippen LogP contribution is 2.35. The number of anilines is 1. The maximum absolute atomic E-state index is 12.4. The molecule has 25 heavy (non-hydrogen) atoms. The summed E-state index contributed by atoms with van der Waals surface area (Å²) >= 11 is 0. The second-order valence-electron chi connectivity index (χ2n) is 5.46. The van der Waals surface area contributed by atoms with E-state index < -0.39 is 0 Å². The number of aromatic nitrogens is 1.